The van der Waals surface area contributed by atoms with Crippen LogP contribution < -0.4 is 14.5 Å². The molecule has 0 spiro atoms. The third-order valence-electron chi connectivity index (χ3n) is 4.63. The minimum absolute atomic E-state index is 0.147. The Morgan fingerprint density at radius 3 is 2.24 bits per heavy atom. The summed E-state index contributed by atoms with van der Waals surface area (Å²) in [4.78, 5) is 12.4. The second-order valence-electron chi connectivity index (χ2n) is 7.14. The van der Waals surface area contributed by atoms with Gasteiger partial charge in [0.05, 0.1) is 31.3 Å². The predicted octanol–water partition coefficient (Wildman–Crippen LogP) is 4.47. The van der Waals surface area contributed by atoms with Crippen molar-refractivity contribution in [1.29, 1.82) is 0 Å². The van der Waals surface area contributed by atoms with Gasteiger partial charge in [0.1, 0.15) is 5.75 Å². The molecule has 0 aliphatic heterocycles. The van der Waals surface area contributed by atoms with Crippen molar-refractivity contribution in [3.63, 3.8) is 0 Å². The molecule has 1 N–H and O–H groups in total. The number of amides is 1. The fraction of sp³-hybridized carbons (Fsp3) is 0.167. The van der Waals surface area contributed by atoms with Crippen LogP contribution in [-0.2, 0) is 16.6 Å². The van der Waals surface area contributed by atoms with E-state index in [4.69, 9.17) is 16.3 Å². The standard InChI is InChI=1S/C24H24ClN3O4S/c1-3-32-23-14-6-18(7-15-23)16-26-27-24(29)20-8-12-22(13-9-20)28(33(2,30)31)17-19-4-10-21(25)11-5-19/h4-16H,3,17H2,1-2H3,(H,27,29)/b26-16+. The van der Waals surface area contributed by atoms with Gasteiger partial charge in [-0.05, 0) is 78.7 Å². The maximum Gasteiger partial charge on any atom is 0.271 e. The summed E-state index contributed by atoms with van der Waals surface area (Å²) >= 11 is 5.91. The number of ether oxygens (including phenoxy) is 1. The Morgan fingerprint density at radius 2 is 1.67 bits per heavy atom. The van der Waals surface area contributed by atoms with E-state index < -0.39 is 15.9 Å². The molecule has 0 saturated heterocycles. The molecule has 0 unspecified atom stereocenters. The zero-order valence-corrected chi connectivity index (χ0v) is 19.8. The van der Waals surface area contributed by atoms with E-state index in [2.05, 4.69) is 10.5 Å². The van der Waals surface area contributed by atoms with Crippen molar-refractivity contribution in [2.75, 3.05) is 17.2 Å². The van der Waals surface area contributed by atoms with Crippen LogP contribution in [0.25, 0.3) is 0 Å². The highest BCUT2D eigenvalue weighted by Gasteiger charge is 2.18. The van der Waals surface area contributed by atoms with Gasteiger partial charge in [0.25, 0.3) is 5.91 Å². The van der Waals surface area contributed by atoms with Crippen molar-refractivity contribution in [3.05, 3.63) is 94.5 Å². The number of nitrogens with zero attached hydrogens (tertiary/aromatic N) is 2. The summed E-state index contributed by atoms with van der Waals surface area (Å²) < 4.78 is 31.4. The van der Waals surface area contributed by atoms with E-state index in [0.717, 1.165) is 23.1 Å². The topological polar surface area (TPSA) is 88.1 Å². The summed E-state index contributed by atoms with van der Waals surface area (Å²) in [7, 11) is -3.54. The summed E-state index contributed by atoms with van der Waals surface area (Å²) in [6.07, 6.45) is 2.67. The van der Waals surface area contributed by atoms with E-state index in [0.29, 0.717) is 22.9 Å². The average molecular weight is 486 g/mol. The number of nitrogens with one attached hydrogen (secondary N) is 1. The first-order valence-corrected chi connectivity index (χ1v) is 12.4. The lowest BCUT2D eigenvalue weighted by molar-refractivity contribution is 0.0955. The van der Waals surface area contributed by atoms with Crippen molar-refractivity contribution >= 4 is 39.4 Å². The van der Waals surface area contributed by atoms with Gasteiger partial charge in [0.2, 0.25) is 10.0 Å². The van der Waals surface area contributed by atoms with E-state index in [1.807, 2.05) is 31.2 Å². The molecule has 3 aromatic rings. The Balaban J connectivity index is 1.66. The molecule has 0 aliphatic rings. The number of anilines is 1. The Hall–Kier alpha value is -3.36. The number of carbonyl (C=O) groups is 1. The molecular weight excluding hydrogens is 462 g/mol. The normalized spacial score (nSPS) is 11.4. The second kappa shape index (κ2) is 11.0. The number of halogens is 1. The van der Waals surface area contributed by atoms with Gasteiger partial charge in [-0.2, -0.15) is 5.10 Å². The van der Waals surface area contributed by atoms with Gasteiger partial charge in [-0.3, -0.25) is 9.10 Å². The molecule has 9 heteroatoms. The van der Waals surface area contributed by atoms with Gasteiger partial charge >= 0.3 is 0 Å². The Kier molecular flexibility index (Phi) is 8.08. The highest BCUT2D eigenvalue weighted by molar-refractivity contribution is 7.92. The molecule has 172 valence electrons. The maximum absolute atomic E-state index is 12.4. The van der Waals surface area contributed by atoms with Crippen LogP contribution in [0.5, 0.6) is 5.75 Å². The van der Waals surface area contributed by atoms with Gasteiger partial charge < -0.3 is 4.74 Å². The summed E-state index contributed by atoms with van der Waals surface area (Å²) in [5, 5.41) is 4.55. The predicted molar refractivity (Wildman–Crippen MR) is 132 cm³/mol. The Morgan fingerprint density at radius 1 is 1.03 bits per heavy atom. The van der Waals surface area contributed by atoms with Gasteiger partial charge in [0.15, 0.2) is 0 Å². The van der Waals surface area contributed by atoms with E-state index in [1.165, 1.54) is 10.5 Å². The van der Waals surface area contributed by atoms with Gasteiger partial charge in [-0.25, -0.2) is 13.8 Å². The molecule has 0 heterocycles. The molecule has 3 rings (SSSR count). The monoisotopic (exact) mass is 485 g/mol. The number of rotatable bonds is 9. The second-order valence-corrected chi connectivity index (χ2v) is 9.49. The van der Waals surface area contributed by atoms with Crippen LogP contribution in [-0.4, -0.2) is 33.4 Å². The third-order valence-corrected chi connectivity index (χ3v) is 6.02. The van der Waals surface area contributed by atoms with Crippen molar-refractivity contribution in [1.82, 2.24) is 5.43 Å². The summed E-state index contributed by atoms with van der Waals surface area (Å²) in [5.74, 6) is 0.352. The zero-order chi connectivity index (χ0) is 23.8. The first kappa shape index (κ1) is 24.3. The molecule has 3 aromatic carbocycles. The van der Waals surface area contributed by atoms with Gasteiger partial charge in [0, 0.05) is 10.6 Å². The van der Waals surface area contributed by atoms with Gasteiger partial charge in [-0.1, -0.05) is 23.7 Å². The van der Waals surface area contributed by atoms with Crippen molar-refractivity contribution in [2.45, 2.75) is 13.5 Å². The molecule has 0 atom stereocenters. The first-order chi connectivity index (χ1) is 15.8. The lowest BCUT2D eigenvalue weighted by Crippen LogP contribution is -2.29. The molecule has 1 amide bonds. The average Bonchev–Trinajstić information content (AvgIpc) is 2.79. The zero-order valence-electron chi connectivity index (χ0n) is 18.2. The molecule has 33 heavy (non-hydrogen) atoms. The number of sulfonamides is 1. The van der Waals surface area contributed by atoms with E-state index in [-0.39, 0.29) is 6.54 Å². The van der Waals surface area contributed by atoms with Crippen LogP contribution in [0.1, 0.15) is 28.4 Å². The number of hydrogen-bond acceptors (Lipinski definition) is 5. The minimum atomic E-state index is -3.54. The van der Waals surface area contributed by atoms with Crippen LogP contribution >= 0.6 is 11.6 Å². The van der Waals surface area contributed by atoms with Gasteiger partial charge in [-0.15, -0.1) is 0 Å². The molecule has 0 bridgehead atoms. The number of benzene rings is 3. The quantitative estimate of drug-likeness (QED) is 0.358. The van der Waals surface area contributed by atoms with Crippen LogP contribution in [0.4, 0.5) is 5.69 Å². The van der Waals surface area contributed by atoms with E-state index in [1.54, 1.807) is 48.5 Å². The van der Waals surface area contributed by atoms with E-state index >= 15 is 0 Å². The largest absolute Gasteiger partial charge is 0.494 e. The van der Waals surface area contributed by atoms with Crippen molar-refractivity contribution in [3.8, 4) is 5.75 Å². The van der Waals surface area contributed by atoms with Crippen LogP contribution in [0.2, 0.25) is 5.02 Å². The highest BCUT2D eigenvalue weighted by Crippen LogP contribution is 2.22. The summed E-state index contributed by atoms with van der Waals surface area (Å²) in [5.41, 5.74) is 4.85. The maximum atomic E-state index is 12.4. The summed E-state index contributed by atoms with van der Waals surface area (Å²) in [6, 6.07) is 20.5. The number of carbonyl (C=O) groups excluding carboxylic acids is 1. The fourth-order valence-corrected chi connectivity index (χ4v) is 4.00. The molecular formula is C24H24ClN3O4S. The Labute approximate surface area is 198 Å². The lowest BCUT2D eigenvalue weighted by Gasteiger charge is -2.22. The molecule has 0 radical (unpaired) electrons. The lowest BCUT2D eigenvalue weighted by atomic mass is 10.2. The Bertz CT molecular complexity index is 1210. The first-order valence-electron chi connectivity index (χ1n) is 10.1. The number of hydrazone groups is 1. The smallest absolute Gasteiger partial charge is 0.271 e. The van der Waals surface area contributed by atoms with E-state index in [9.17, 15) is 13.2 Å². The molecule has 0 saturated carbocycles. The number of hydrogen-bond donors (Lipinski definition) is 1. The van der Waals surface area contributed by atoms with Crippen molar-refractivity contribution < 1.29 is 17.9 Å². The third kappa shape index (κ3) is 7.06. The minimum Gasteiger partial charge on any atom is -0.494 e. The van der Waals surface area contributed by atoms with Crippen molar-refractivity contribution in [2.24, 2.45) is 5.10 Å². The molecule has 0 aliphatic carbocycles. The highest BCUT2D eigenvalue weighted by atomic mass is 35.5. The molecule has 0 fully saturated rings. The molecule has 7 nitrogen and oxygen atoms in total. The fourth-order valence-electron chi connectivity index (χ4n) is 2.98. The van der Waals surface area contributed by atoms with Crippen LogP contribution in [0, 0.1) is 0 Å². The SMILES string of the molecule is CCOc1ccc(/C=N/NC(=O)c2ccc(N(Cc3ccc(Cl)cc3)S(C)(=O)=O)cc2)cc1. The molecule has 0 aromatic heterocycles. The summed E-state index contributed by atoms with van der Waals surface area (Å²) in [6.45, 7) is 2.65. The van der Waals surface area contributed by atoms with Crippen LogP contribution in [0.15, 0.2) is 77.9 Å². The van der Waals surface area contributed by atoms with Crippen LogP contribution in [0.3, 0.4) is 0 Å².